The second-order valence-electron chi connectivity index (χ2n) is 10.1. The molecule has 1 saturated heterocycles. The summed E-state index contributed by atoms with van der Waals surface area (Å²) in [6, 6.07) is 0.761. The Morgan fingerprint density at radius 2 is 2.13 bits per heavy atom. The number of likely N-dealkylation sites (N-methyl/N-ethyl adjacent to an activating group) is 1. The lowest BCUT2D eigenvalue weighted by Crippen LogP contribution is -2.54. The number of hydrogen-bond acceptors (Lipinski definition) is 4. The highest BCUT2D eigenvalue weighted by atomic mass is 16.5. The molecule has 3 N–H and O–H groups in total. The van der Waals surface area contributed by atoms with Crippen molar-refractivity contribution in [3.8, 4) is 0 Å². The van der Waals surface area contributed by atoms with Crippen molar-refractivity contribution >= 4 is 14.6 Å². The van der Waals surface area contributed by atoms with Crippen LogP contribution in [0.2, 0.25) is 17.5 Å². The van der Waals surface area contributed by atoms with Crippen molar-refractivity contribution in [3.05, 3.63) is 11.6 Å². The third kappa shape index (κ3) is 7.09. The van der Waals surface area contributed by atoms with Gasteiger partial charge in [-0.05, 0) is 82.1 Å². The lowest BCUT2D eigenvalue weighted by Gasteiger charge is -2.53. The van der Waals surface area contributed by atoms with Crippen molar-refractivity contribution < 1.29 is 4.74 Å². The van der Waals surface area contributed by atoms with E-state index in [9.17, 15) is 0 Å². The first-order valence-corrected chi connectivity index (χ1v) is 13.0. The zero-order valence-corrected chi connectivity index (χ0v) is 21.3. The van der Waals surface area contributed by atoms with Crippen LogP contribution in [0.5, 0.6) is 0 Å². The van der Waals surface area contributed by atoms with Crippen molar-refractivity contribution in [3.63, 3.8) is 0 Å². The number of nitrogens with zero attached hydrogens (tertiary/aromatic N) is 1. The summed E-state index contributed by atoms with van der Waals surface area (Å²) in [6.07, 6.45) is 11.2. The van der Waals surface area contributed by atoms with Gasteiger partial charge in [-0.1, -0.05) is 52.1 Å². The largest absolute Gasteiger partial charge is 0.380 e. The van der Waals surface area contributed by atoms with Crippen molar-refractivity contribution in [1.29, 1.82) is 0 Å². The fraction of sp³-hybridized carbons (Fsp3) is 0.920. The van der Waals surface area contributed by atoms with E-state index in [2.05, 4.69) is 72.5 Å². The molecule has 6 heteroatoms. The zero-order chi connectivity index (χ0) is 22.9. The molecule has 1 fully saturated rings. The quantitative estimate of drug-likeness (QED) is 0.215. The lowest BCUT2D eigenvalue weighted by molar-refractivity contribution is 0.0486. The number of allylic oxidation sites excluding steroid dienone is 2. The molecule has 2 radical (unpaired) electrons. The molecule has 176 valence electrons. The first-order valence-electron chi connectivity index (χ1n) is 13.0. The van der Waals surface area contributed by atoms with E-state index in [1.54, 1.807) is 5.57 Å². The third-order valence-corrected chi connectivity index (χ3v) is 7.80. The summed E-state index contributed by atoms with van der Waals surface area (Å²) < 4.78 is 5.91. The summed E-state index contributed by atoms with van der Waals surface area (Å²) in [5.74, 6) is 1.90. The number of nitrogens with two attached hydrogens (primary N) is 1. The molecular weight excluding hydrogens is 380 g/mol. The average molecular weight is 429 g/mol. The molecule has 1 heterocycles. The van der Waals surface area contributed by atoms with Crippen molar-refractivity contribution in [2.24, 2.45) is 17.6 Å². The molecule has 0 spiro atoms. The van der Waals surface area contributed by atoms with Gasteiger partial charge in [0.2, 0.25) is 0 Å². The van der Waals surface area contributed by atoms with Gasteiger partial charge in [-0.2, -0.15) is 0 Å². The van der Waals surface area contributed by atoms with E-state index in [1.807, 2.05) is 0 Å². The Bertz CT molecular complexity index is 547. The molecule has 1 aliphatic heterocycles. The number of rotatable bonds is 16. The summed E-state index contributed by atoms with van der Waals surface area (Å²) in [5, 5.41) is 3.86. The summed E-state index contributed by atoms with van der Waals surface area (Å²) in [5.41, 5.74) is 7.99. The molecular formula is C25H49B2N3O. The van der Waals surface area contributed by atoms with Crippen LogP contribution in [0.15, 0.2) is 11.6 Å². The van der Waals surface area contributed by atoms with Crippen LogP contribution in [0, 0.1) is 11.8 Å². The summed E-state index contributed by atoms with van der Waals surface area (Å²) >= 11 is 0. The smallest absolute Gasteiger partial charge is 0.152 e. The first kappa shape index (κ1) is 27.0. The molecule has 0 saturated carbocycles. The molecule has 2 aliphatic rings. The molecule has 4 nitrogen and oxygen atoms in total. The number of nitrogens with one attached hydrogen (secondary N) is 1. The summed E-state index contributed by atoms with van der Waals surface area (Å²) in [4.78, 5) is 2.57. The highest BCUT2D eigenvalue weighted by Crippen LogP contribution is 2.61. The Morgan fingerprint density at radius 1 is 1.35 bits per heavy atom. The van der Waals surface area contributed by atoms with Crippen LogP contribution in [0.4, 0.5) is 0 Å². The Labute approximate surface area is 195 Å². The van der Waals surface area contributed by atoms with Gasteiger partial charge in [-0.25, -0.2) is 0 Å². The van der Waals surface area contributed by atoms with E-state index in [-0.39, 0.29) is 0 Å². The molecule has 31 heavy (non-hydrogen) atoms. The van der Waals surface area contributed by atoms with Gasteiger partial charge in [0.05, 0.1) is 6.61 Å². The van der Waals surface area contributed by atoms with E-state index < -0.39 is 0 Å². The van der Waals surface area contributed by atoms with E-state index in [0.717, 1.165) is 32.6 Å². The van der Waals surface area contributed by atoms with Gasteiger partial charge < -0.3 is 15.8 Å². The second-order valence-corrected chi connectivity index (χ2v) is 10.1. The molecule has 6 unspecified atom stereocenters. The average Bonchev–Trinajstić information content (AvgIpc) is 2.76. The minimum atomic E-state index is 0.313. The molecule has 0 bridgehead atoms. The summed E-state index contributed by atoms with van der Waals surface area (Å²) in [6.45, 7) is 14.9. The lowest BCUT2D eigenvalue weighted by atomic mass is 9.26. The van der Waals surface area contributed by atoms with Crippen LogP contribution in [0.3, 0.4) is 0 Å². The molecule has 2 rings (SSSR count). The van der Waals surface area contributed by atoms with Gasteiger partial charge >= 0.3 is 0 Å². The Hall–Kier alpha value is -0.290. The van der Waals surface area contributed by atoms with E-state index in [1.165, 1.54) is 38.5 Å². The maximum absolute atomic E-state index is 6.29. The Kier molecular flexibility index (Phi) is 11.7. The number of ether oxygens (including phenoxy) is 1. The van der Waals surface area contributed by atoms with Crippen LogP contribution >= 0.6 is 0 Å². The van der Waals surface area contributed by atoms with Crippen LogP contribution in [-0.4, -0.2) is 64.9 Å². The molecule has 6 atom stereocenters. The Morgan fingerprint density at radius 3 is 2.71 bits per heavy atom. The van der Waals surface area contributed by atoms with Crippen LogP contribution < -0.4 is 11.1 Å². The Balaban J connectivity index is 1.93. The predicted octanol–water partition coefficient (Wildman–Crippen LogP) is 4.54. The van der Waals surface area contributed by atoms with Crippen molar-refractivity contribution in [2.75, 3.05) is 33.4 Å². The van der Waals surface area contributed by atoms with Gasteiger partial charge in [0.15, 0.2) is 7.28 Å². The van der Waals surface area contributed by atoms with E-state index in [4.69, 9.17) is 10.5 Å². The fourth-order valence-corrected chi connectivity index (χ4v) is 6.00. The second kappa shape index (κ2) is 13.4. The minimum Gasteiger partial charge on any atom is -0.380 e. The van der Waals surface area contributed by atoms with Crippen LogP contribution in [0.1, 0.15) is 73.1 Å². The van der Waals surface area contributed by atoms with Gasteiger partial charge in [-0.15, -0.1) is 0 Å². The highest BCUT2D eigenvalue weighted by Gasteiger charge is 2.49. The highest BCUT2D eigenvalue weighted by molar-refractivity contribution is 6.50. The van der Waals surface area contributed by atoms with Crippen molar-refractivity contribution in [2.45, 2.75) is 103 Å². The van der Waals surface area contributed by atoms with E-state index >= 15 is 0 Å². The van der Waals surface area contributed by atoms with Crippen molar-refractivity contribution in [1.82, 2.24) is 10.2 Å². The zero-order valence-electron chi connectivity index (χ0n) is 21.3. The fourth-order valence-electron chi connectivity index (χ4n) is 6.00. The van der Waals surface area contributed by atoms with Gasteiger partial charge in [0.25, 0.3) is 0 Å². The van der Waals surface area contributed by atoms with Crippen LogP contribution in [0.25, 0.3) is 0 Å². The standard InChI is InChI=1S/C25H49B2N3O/c1-7-26-24(29-6)30(8-2)21(18-31-9-3)14-13-19(4)16-20(17-28)23-22-12-10-11-15-25(22,5)27-23/h12,19-21,23-24,29H,7-11,13-18,28H2,1-6H3. The SMILES string of the molecule is CC[B]C(NC)N(CC)C(CCC(C)CC(CN)C1[B]C2(C)CCCC=C12)COCC. The number of fused-ring (bicyclic) bond motifs is 1. The molecule has 1 aliphatic carbocycles. The van der Waals surface area contributed by atoms with Gasteiger partial charge in [0, 0.05) is 18.7 Å². The normalized spacial score (nSPS) is 26.8. The van der Waals surface area contributed by atoms with Gasteiger partial charge in [-0.3, -0.25) is 4.90 Å². The topological polar surface area (TPSA) is 50.5 Å². The number of hydrogen-bond donors (Lipinski definition) is 2. The first-order chi connectivity index (χ1) is 14.9. The van der Waals surface area contributed by atoms with E-state index in [0.29, 0.717) is 35.1 Å². The molecule has 0 aromatic heterocycles. The predicted molar refractivity (Wildman–Crippen MR) is 137 cm³/mol. The van der Waals surface area contributed by atoms with Gasteiger partial charge in [0.1, 0.15) is 7.28 Å². The maximum Gasteiger partial charge on any atom is 0.152 e. The van der Waals surface area contributed by atoms with Crippen LogP contribution in [-0.2, 0) is 4.74 Å². The molecule has 0 aromatic carbocycles. The minimum absolute atomic E-state index is 0.313. The third-order valence-electron chi connectivity index (χ3n) is 7.80. The summed E-state index contributed by atoms with van der Waals surface area (Å²) in [7, 11) is 7.06. The maximum atomic E-state index is 6.29. The molecule has 0 amide bonds. The monoisotopic (exact) mass is 429 g/mol. The molecule has 0 aromatic rings.